The molecule has 0 radical (unpaired) electrons. The van der Waals surface area contributed by atoms with E-state index >= 15 is 0 Å². The summed E-state index contributed by atoms with van der Waals surface area (Å²) in [5, 5.41) is 2.74. The molecule has 0 saturated heterocycles. The largest absolute Gasteiger partial charge is 0.416 e. The van der Waals surface area contributed by atoms with Gasteiger partial charge in [-0.2, -0.15) is 13.2 Å². The van der Waals surface area contributed by atoms with Gasteiger partial charge < -0.3 is 5.32 Å². The molecule has 2 rings (SSSR count). The van der Waals surface area contributed by atoms with Gasteiger partial charge >= 0.3 is 6.18 Å². The molecule has 5 nitrogen and oxygen atoms in total. The third kappa shape index (κ3) is 6.98. The summed E-state index contributed by atoms with van der Waals surface area (Å²) in [6.07, 6.45) is -0.794. The van der Waals surface area contributed by atoms with Gasteiger partial charge in [0.1, 0.15) is 6.54 Å². The van der Waals surface area contributed by atoms with Gasteiger partial charge in [-0.1, -0.05) is 57.4 Å². The number of alkyl halides is 3. The minimum atomic E-state index is -4.64. The average Bonchev–Trinajstić information content (AvgIpc) is 2.77. The third-order valence-corrected chi connectivity index (χ3v) is 7.00. The van der Waals surface area contributed by atoms with Gasteiger partial charge in [-0.3, -0.25) is 9.10 Å². The van der Waals surface area contributed by atoms with Gasteiger partial charge in [-0.25, -0.2) is 8.42 Å². The first kappa shape index (κ1) is 25.7. The maximum Gasteiger partial charge on any atom is 0.416 e. The van der Waals surface area contributed by atoms with Crippen LogP contribution in [0, 0.1) is 5.92 Å². The molecule has 0 bridgehead atoms. The molecule has 2 aromatic rings. The van der Waals surface area contributed by atoms with Crippen molar-refractivity contribution in [3.8, 4) is 0 Å². The zero-order chi connectivity index (χ0) is 23.8. The predicted octanol–water partition coefficient (Wildman–Crippen LogP) is 5.23. The van der Waals surface area contributed by atoms with Crippen LogP contribution in [-0.4, -0.2) is 27.4 Å². The SMILES string of the molecule is CCCC[C@H](CC)CNC(=O)CN(c1cccc(C(F)(F)F)c1)S(=O)(=O)c1ccccc1. The van der Waals surface area contributed by atoms with Crippen LogP contribution in [0.3, 0.4) is 0 Å². The van der Waals surface area contributed by atoms with E-state index in [1.807, 2.05) is 6.92 Å². The smallest absolute Gasteiger partial charge is 0.354 e. The normalized spacial score (nSPS) is 12.9. The topological polar surface area (TPSA) is 66.5 Å². The number of sulfonamides is 1. The molecule has 1 N–H and O–H groups in total. The van der Waals surface area contributed by atoms with Gasteiger partial charge in [-0.05, 0) is 42.7 Å². The van der Waals surface area contributed by atoms with Crippen LogP contribution in [0.4, 0.5) is 18.9 Å². The highest BCUT2D eigenvalue weighted by Crippen LogP contribution is 2.33. The number of anilines is 1. The summed E-state index contributed by atoms with van der Waals surface area (Å²) >= 11 is 0. The number of carbonyl (C=O) groups is 1. The van der Waals surface area contributed by atoms with Crippen LogP contribution in [0.15, 0.2) is 59.5 Å². The monoisotopic (exact) mass is 470 g/mol. The highest BCUT2D eigenvalue weighted by atomic mass is 32.2. The molecule has 0 spiro atoms. The summed E-state index contributed by atoms with van der Waals surface area (Å²) < 4.78 is 66.8. The summed E-state index contributed by atoms with van der Waals surface area (Å²) in [5.41, 5.74) is -1.22. The van der Waals surface area contributed by atoms with Crippen molar-refractivity contribution in [1.29, 1.82) is 0 Å². The Balaban J connectivity index is 2.33. The quantitative estimate of drug-likeness (QED) is 0.489. The second kappa shape index (κ2) is 11.4. The van der Waals surface area contributed by atoms with Gasteiger partial charge in [0.2, 0.25) is 5.91 Å². The lowest BCUT2D eigenvalue weighted by Crippen LogP contribution is -2.42. The molecule has 0 aliphatic rings. The Bertz CT molecular complexity index is 979. The first-order valence-corrected chi connectivity index (χ1v) is 12.0. The highest BCUT2D eigenvalue weighted by molar-refractivity contribution is 7.92. The number of hydrogen-bond donors (Lipinski definition) is 1. The Kier molecular flexibility index (Phi) is 9.12. The summed E-state index contributed by atoms with van der Waals surface area (Å²) in [6, 6.07) is 11.3. The van der Waals surface area contributed by atoms with E-state index in [1.54, 1.807) is 6.07 Å². The summed E-state index contributed by atoms with van der Waals surface area (Å²) in [6.45, 7) is 3.86. The maximum atomic E-state index is 13.2. The first-order chi connectivity index (χ1) is 15.1. The van der Waals surface area contributed by atoms with Crippen molar-refractivity contribution in [2.24, 2.45) is 5.92 Å². The van der Waals surface area contributed by atoms with Crippen LogP contribution in [0.25, 0.3) is 0 Å². The molecular formula is C23H29F3N2O3S. The number of carbonyl (C=O) groups excluding carboxylic acids is 1. The van der Waals surface area contributed by atoms with E-state index in [4.69, 9.17) is 0 Å². The fourth-order valence-corrected chi connectivity index (χ4v) is 4.69. The fraction of sp³-hybridized carbons (Fsp3) is 0.435. The van der Waals surface area contributed by atoms with E-state index in [-0.39, 0.29) is 16.5 Å². The van der Waals surface area contributed by atoms with E-state index in [0.717, 1.165) is 48.2 Å². The van der Waals surface area contributed by atoms with Gasteiger partial charge in [0, 0.05) is 6.54 Å². The van der Waals surface area contributed by atoms with Crippen LogP contribution >= 0.6 is 0 Å². The Morgan fingerprint density at radius 1 is 1.06 bits per heavy atom. The lowest BCUT2D eigenvalue weighted by atomic mass is 9.99. The first-order valence-electron chi connectivity index (χ1n) is 10.6. The molecule has 0 heterocycles. The second-order valence-corrected chi connectivity index (χ2v) is 9.46. The molecule has 32 heavy (non-hydrogen) atoms. The minimum absolute atomic E-state index is 0.111. The Morgan fingerprint density at radius 3 is 2.34 bits per heavy atom. The maximum absolute atomic E-state index is 13.2. The van der Waals surface area contributed by atoms with Crippen LogP contribution in [0.2, 0.25) is 0 Å². The van der Waals surface area contributed by atoms with Crippen molar-refractivity contribution in [3.05, 3.63) is 60.2 Å². The van der Waals surface area contributed by atoms with Gasteiger partial charge in [0.15, 0.2) is 0 Å². The fourth-order valence-electron chi connectivity index (χ4n) is 3.26. The zero-order valence-electron chi connectivity index (χ0n) is 18.2. The number of nitrogens with one attached hydrogen (secondary N) is 1. The number of halogens is 3. The molecule has 176 valence electrons. The standard InChI is InChI=1S/C23H29F3N2O3S/c1-3-5-10-18(4-2)16-27-22(29)17-28(32(30,31)21-13-7-6-8-14-21)20-12-9-11-19(15-20)23(24,25)26/h6-9,11-15,18H,3-5,10,16-17H2,1-2H3,(H,27,29)/t18-/m0/s1. The molecule has 1 atom stereocenters. The van der Waals surface area contributed by atoms with Crippen LogP contribution in [0.1, 0.15) is 45.1 Å². The second-order valence-electron chi connectivity index (χ2n) is 7.59. The van der Waals surface area contributed by atoms with E-state index in [2.05, 4.69) is 12.2 Å². The lowest BCUT2D eigenvalue weighted by Gasteiger charge is -2.25. The molecule has 1 amide bonds. The van der Waals surface area contributed by atoms with Crippen molar-refractivity contribution in [2.75, 3.05) is 17.4 Å². The van der Waals surface area contributed by atoms with E-state index in [0.29, 0.717) is 6.54 Å². The molecule has 0 aliphatic carbocycles. The van der Waals surface area contributed by atoms with Crippen LogP contribution < -0.4 is 9.62 Å². The van der Waals surface area contributed by atoms with Crippen LogP contribution in [0.5, 0.6) is 0 Å². The summed E-state index contributed by atoms with van der Waals surface area (Å²) in [4.78, 5) is 12.5. The Labute approximate surface area is 187 Å². The van der Waals surface area contributed by atoms with Gasteiger partial charge in [0.25, 0.3) is 10.0 Å². The van der Waals surface area contributed by atoms with Crippen molar-refractivity contribution >= 4 is 21.6 Å². The molecule has 0 saturated carbocycles. The summed E-state index contributed by atoms with van der Waals surface area (Å²) in [7, 11) is -4.26. The zero-order valence-corrected chi connectivity index (χ0v) is 19.0. The molecule has 0 aliphatic heterocycles. The van der Waals surface area contributed by atoms with Crippen LogP contribution in [-0.2, 0) is 21.0 Å². The number of rotatable bonds is 11. The number of hydrogen-bond acceptors (Lipinski definition) is 3. The number of amides is 1. The van der Waals surface area contributed by atoms with E-state index in [1.165, 1.54) is 30.3 Å². The van der Waals surface area contributed by atoms with Gasteiger partial charge in [-0.15, -0.1) is 0 Å². The number of nitrogens with zero attached hydrogens (tertiary/aromatic N) is 1. The average molecular weight is 471 g/mol. The highest BCUT2D eigenvalue weighted by Gasteiger charge is 2.33. The van der Waals surface area contributed by atoms with Crippen molar-refractivity contribution in [3.63, 3.8) is 0 Å². The Morgan fingerprint density at radius 2 is 1.75 bits per heavy atom. The van der Waals surface area contributed by atoms with Gasteiger partial charge in [0.05, 0.1) is 16.1 Å². The molecule has 9 heteroatoms. The Hall–Kier alpha value is -2.55. The van der Waals surface area contributed by atoms with E-state index < -0.39 is 34.2 Å². The number of unbranched alkanes of at least 4 members (excludes halogenated alkanes) is 1. The van der Waals surface area contributed by atoms with Crippen molar-refractivity contribution in [2.45, 2.75) is 50.6 Å². The molecular weight excluding hydrogens is 441 g/mol. The lowest BCUT2D eigenvalue weighted by molar-refractivity contribution is -0.137. The molecule has 2 aromatic carbocycles. The molecule has 0 unspecified atom stereocenters. The third-order valence-electron chi connectivity index (χ3n) is 5.21. The summed E-state index contributed by atoms with van der Waals surface area (Å²) in [5.74, 6) is -0.316. The van der Waals surface area contributed by atoms with Crippen molar-refractivity contribution in [1.82, 2.24) is 5.32 Å². The van der Waals surface area contributed by atoms with E-state index in [9.17, 15) is 26.4 Å². The predicted molar refractivity (Wildman–Crippen MR) is 119 cm³/mol. The molecule has 0 aromatic heterocycles. The minimum Gasteiger partial charge on any atom is -0.354 e. The van der Waals surface area contributed by atoms with Crippen molar-refractivity contribution < 1.29 is 26.4 Å². The number of benzene rings is 2. The molecule has 0 fully saturated rings.